The largest absolute Gasteiger partial charge is 0.462 e. The zero-order valence-corrected chi connectivity index (χ0v) is 18.4. The molecule has 7 unspecified atom stereocenters. The van der Waals surface area contributed by atoms with Crippen molar-refractivity contribution >= 4 is 5.97 Å². The summed E-state index contributed by atoms with van der Waals surface area (Å²) in [5, 5.41) is 60.6. The number of hydrogen-bond acceptors (Lipinski definition) is 11. The van der Waals surface area contributed by atoms with E-state index in [1.54, 1.807) is 0 Å². The second kappa shape index (κ2) is 9.90. The maximum atomic E-state index is 12.2. The lowest BCUT2D eigenvalue weighted by molar-refractivity contribution is -0.299. The number of aliphatic hydroxyl groups is 6. The molecule has 10 atom stereocenters. The molecule has 184 valence electrons. The third-order valence-electron chi connectivity index (χ3n) is 6.47. The fourth-order valence-electron chi connectivity index (χ4n) is 4.57. The van der Waals surface area contributed by atoms with Crippen molar-refractivity contribution in [2.45, 2.75) is 82.3 Å². The van der Waals surface area contributed by atoms with Gasteiger partial charge >= 0.3 is 5.97 Å². The molecular formula is C21H34O11. The van der Waals surface area contributed by atoms with Gasteiger partial charge in [0.2, 0.25) is 6.29 Å². The smallest absolute Gasteiger partial charge is 0.309 e. The molecule has 6 N–H and O–H groups in total. The van der Waals surface area contributed by atoms with Crippen LogP contribution < -0.4 is 0 Å². The van der Waals surface area contributed by atoms with E-state index in [2.05, 4.69) is 0 Å². The number of hydrogen-bond donors (Lipinski definition) is 6. The Balaban J connectivity index is 1.72. The van der Waals surface area contributed by atoms with Crippen molar-refractivity contribution in [3.05, 3.63) is 11.8 Å². The van der Waals surface area contributed by atoms with Gasteiger partial charge in [-0.2, -0.15) is 0 Å². The summed E-state index contributed by atoms with van der Waals surface area (Å²) in [7, 11) is 0. The third kappa shape index (κ3) is 4.95. The van der Waals surface area contributed by atoms with E-state index in [1.165, 1.54) is 13.2 Å². The molecule has 0 aromatic carbocycles. The van der Waals surface area contributed by atoms with Gasteiger partial charge in [0.05, 0.1) is 37.1 Å². The second-order valence-corrected chi connectivity index (χ2v) is 9.40. The fourth-order valence-corrected chi connectivity index (χ4v) is 4.57. The summed E-state index contributed by atoms with van der Waals surface area (Å²) >= 11 is 0. The normalized spacial score (nSPS) is 44.1. The Morgan fingerprint density at radius 2 is 1.88 bits per heavy atom. The molecule has 1 aliphatic carbocycles. The molecule has 32 heavy (non-hydrogen) atoms. The van der Waals surface area contributed by atoms with Crippen LogP contribution in [0, 0.1) is 17.8 Å². The van der Waals surface area contributed by atoms with Gasteiger partial charge in [0, 0.05) is 12.3 Å². The SMILES string of the molecule is CC(C)CC(=O)OC1OC=C(COC2OC(CO)C(O)C(O)C2O)[C@H]2CC(O)[C@@](C)(O)[C@@H]12. The van der Waals surface area contributed by atoms with E-state index in [9.17, 15) is 35.4 Å². The zero-order valence-electron chi connectivity index (χ0n) is 18.4. The summed E-state index contributed by atoms with van der Waals surface area (Å²) in [5.74, 6) is -1.60. The number of aliphatic hydroxyl groups excluding tert-OH is 5. The van der Waals surface area contributed by atoms with Crippen LogP contribution in [-0.2, 0) is 23.7 Å². The molecule has 11 nitrogen and oxygen atoms in total. The first-order valence-electron chi connectivity index (χ1n) is 10.8. The minimum Gasteiger partial charge on any atom is -0.462 e. The minimum atomic E-state index is -1.59. The monoisotopic (exact) mass is 462 g/mol. The molecule has 2 heterocycles. The summed E-state index contributed by atoms with van der Waals surface area (Å²) < 4.78 is 22.0. The lowest BCUT2D eigenvalue weighted by Crippen LogP contribution is -2.59. The van der Waals surface area contributed by atoms with Gasteiger partial charge < -0.3 is 49.6 Å². The average Bonchev–Trinajstić information content (AvgIpc) is 2.96. The molecule has 1 saturated heterocycles. The van der Waals surface area contributed by atoms with Gasteiger partial charge in [0.15, 0.2) is 6.29 Å². The molecule has 2 fully saturated rings. The molecule has 0 spiro atoms. The van der Waals surface area contributed by atoms with Crippen LogP contribution in [0.15, 0.2) is 11.8 Å². The van der Waals surface area contributed by atoms with Crippen molar-refractivity contribution in [2.75, 3.05) is 13.2 Å². The van der Waals surface area contributed by atoms with Crippen molar-refractivity contribution in [3.8, 4) is 0 Å². The van der Waals surface area contributed by atoms with E-state index >= 15 is 0 Å². The molecule has 0 amide bonds. The summed E-state index contributed by atoms with van der Waals surface area (Å²) in [6.45, 7) is 4.46. The topological polar surface area (TPSA) is 175 Å². The number of rotatable bonds is 7. The molecular weight excluding hydrogens is 428 g/mol. The van der Waals surface area contributed by atoms with Gasteiger partial charge in [-0.15, -0.1) is 0 Å². The van der Waals surface area contributed by atoms with Crippen LogP contribution in [0.3, 0.4) is 0 Å². The quantitative estimate of drug-likeness (QED) is 0.240. The molecule has 0 aromatic heterocycles. The lowest BCUT2D eigenvalue weighted by Gasteiger charge is -2.41. The van der Waals surface area contributed by atoms with E-state index in [0.717, 1.165) is 0 Å². The highest BCUT2D eigenvalue weighted by atomic mass is 16.7. The van der Waals surface area contributed by atoms with Crippen LogP contribution in [0.4, 0.5) is 0 Å². The van der Waals surface area contributed by atoms with Crippen molar-refractivity contribution in [1.29, 1.82) is 0 Å². The van der Waals surface area contributed by atoms with Gasteiger partial charge in [0.1, 0.15) is 24.4 Å². The maximum absolute atomic E-state index is 12.2. The van der Waals surface area contributed by atoms with Gasteiger partial charge in [-0.3, -0.25) is 4.79 Å². The van der Waals surface area contributed by atoms with Crippen LogP contribution in [0.2, 0.25) is 0 Å². The van der Waals surface area contributed by atoms with E-state index in [-0.39, 0.29) is 25.4 Å². The molecule has 0 radical (unpaired) electrons. The lowest BCUT2D eigenvalue weighted by atomic mass is 9.81. The number of fused-ring (bicyclic) bond motifs is 1. The van der Waals surface area contributed by atoms with Crippen molar-refractivity contribution in [3.63, 3.8) is 0 Å². The van der Waals surface area contributed by atoms with Crippen molar-refractivity contribution in [1.82, 2.24) is 0 Å². The van der Waals surface area contributed by atoms with Crippen LogP contribution >= 0.6 is 0 Å². The van der Waals surface area contributed by atoms with Crippen LogP contribution in [0.5, 0.6) is 0 Å². The Bertz CT molecular complexity index is 691. The molecule has 11 heteroatoms. The first-order valence-corrected chi connectivity index (χ1v) is 10.8. The highest BCUT2D eigenvalue weighted by Gasteiger charge is 2.58. The number of ether oxygens (including phenoxy) is 4. The first kappa shape index (κ1) is 25.3. The molecule has 0 bridgehead atoms. The highest BCUT2D eigenvalue weighted by Crippen LogP contribution is 2.49. The molecule has 0 aromatic rings. The first-order chi connectivity index (χ1) is 15.0. The van der Waals surface area contributed by atoms with E-state index in [0.29, 0.717) is 5.57 Å². The Morgan fingerprint density at radius 1 is 1.19 bits per heavy atom. The van der Waals surface area contributed by atoms with Crippen LogP contribution in [-0.4, -0.2) is 98.5 Å². The molecule has 1 saturated carbocycles. The highest BCUT2D eigenvalue weighted by molar-refractivity contribution is 5.69. The fraction of sp³-hybridized carbons (Fsp3) is 0.857. The minimum absolute atomic E-state index is 0.0783. The van der Waals surface area contributed by atoms with Crippen molar-refractivity contribution < 1.29 is 54.4 Å². The number of carbonyl (C=O) groups is 1. The molecule has 3 aliphatic rings. The standard InChI is InChI=1S/C21H34O11/c1-9(2)4-14(24)32-19-15-11(5-13(23)21(15,3)28)10(7-29-19)8-30-20-18(27)17(26)16(25)12(6-22)31-20/h7,9,11-13,15-20,22-23,25-28H,4-6,8H2,1-3H3/t11-,12?,13?,15-,16?,17?,18?,19?,20?,21-/m1/s1. The van der Waals surface area contributed by atoms with Crippen LogP contribution in [0.25, 0.3) is 0 Å². The summed E-state index contributed by atoms with van der Waals surface area (Å²) in [5.41, 5.74) is -1.06. The third-order valence-corrected chi connectivity index (χ3v) is 6.47. The Morgan fingerprint density at radius 3 is 2.50 bits per heavy atom. The summed E-state index contributed by atoms with van der Waals surface area (Å²) in [6, 6.07) is 0. The van der Waals surface area contributed by atoms with Gasteiger partial charge in [-0.1, -0.05) is 13.8 Å². The zero-order chi connectivity index (χ0) is 23.8. The summed E-state index contributed by atoms with van der Waals surface area (Å²) in [4.78, 5) is 12.2. The summed E-state index contributed by atoms with van der Waals surface area (Å²) in [6.07, 6.45) is -7.58. The van der Waals surface area contributed by atoms with Gasteiger partial charge in [-0.25, -0.2) is 0 Å². The van der Waals surface area contributed by atoms with E-state index < -0.39 is 73.1 Å². The van der Waals surface area contributed by atoms with Crippen molar-refractivity contribution in [2.24, 2.45) is 17.8 Å². The van der Waals surface area contributed by atoms with Gasteiger partial charge in [-0.05, 0) is 24.8 Å². The predicted octanol–water partition coefficient (Wildman–Crippen LogP) is -1.62. The van der Waals surface area contributed by atoms with Crippen LogP contribution in [0.1, 0.15) is 33.6 Å². The maximum Gasteiger partial charge on any atom is 0.309 e. The van der Waals surface area contributed by atoms with E-state index in [1.807, 2.05) is 13.8 Å². The number of carbonyl (C=O) groups excluding carboxylic acids is 1. The van der Waals surface area contributed by atoms with Gasteiger partial charge in [0.25, 0.3) is 0 Å². The molecule has 3 rings (SSSR count). The Kier molecular flexibility index (Phi) is 7.83. The number of esters is 1. The predicted molar refractivity (Wildman–Crippen MR) is 106 cm³/mol. The average molecular weight is 462 g/mol. The van der Waals surface area contributed by atoms with E-state index in [4.69, 9.17) is 18.9 Å². The Labute approximate surface area is 186 Å². The second-order valence-electron chi connectivity index (χ2n) is 9.40. The molecule has 2 aliphatic heterocycles. The Hall–Kier alpha value is -1.31.